The minimum Gasteiger partial charge on any atom is -0.508 e. The molecular formula is C17H18Cl2N2O2. The highest BCUT2D eigenvalue weighted by Crippen LogP contribution is 2.21. The van der Waals surface area contributed by atoms with Crippen molar-refractivity contribution in [2.45, 2.75) is 18.9 Å². The minimum atomic E-state index is -0.673. The van der Waals surface area contributed by atoms with E-state index >= 15 is 0 Å². The number of phenols is 1. The lowest BCUT2D eigenvalue weighted by molar-refractivity contribution is -0.122. The fourth-order valence-corrected chi connectivity index (χ4v) is 2.63. The molecule has 0 saturated carbocycles. The number of carbonyl (C=O) groups excluding carboxylic acids is 1. The molecule has 1 amide bonds. The van der Waals surface area contributed by atoms with Crippen molar-refractivity contribution in [3.8, 4) is 5.75 Å². The molecule has 0 unspecified atom stereocenters. The molecule has 0 fully saturated rings. The van der Waals surface area contributed by atoms with Crippen molar-refractivity contribution in [1.82, 2.24) is 5.32 Å². The third-order valence-electron chi connectivity index (χ3n) is 3.44. The highest BCUT2D eigenvalue weighted by atomic mass is 35.5. The largest absolute Gasteiger partial charge is 0.508 e. The Morgan fingerprint density at radius 2 is 1.87 bits per heavy atom. The predicted octanol–water partition coefficient (Wildman–Crippen LogP) is 2.93. The lowest BCUT2D eigenvalue weighted by Crippen LogP contribution is -2.42. The molecule has 0 aliphatic rings. The molecule has 0 aliphatic heterocycles. The highest BCUT2D eigenvalue weighted by Gasteiger charge is 2.15. The normalized spacial score (nSPS) is 12.0. The summed E-state index contributed by atoms with van der Waals surface area (Å²) in [6.07, 6.45) is 1.02. The first-order valence-corrected chi connectivity index (χ1v) is 7.96. The summed E-state index contributed by atoms with van der Waals surface area (Å²) in [5, 5.41) is 13.1. The maximum atomic E-state index is 12.0. The first kappa shape index (κ1) is 17.6. The van der Waals surface area contributed by atoms with Crippen LogP contribution in [0.25, 0.3) is 0 Å². The Kier molecular flexibility index (Phi) is 6.28. The monoisotopic (exact) mass is 352 g/mol. The van der Waals surface area contributed by atoms with Gasteiger partial charge in [-0.3, -0.25) is 4.79 Å². The number of phenolic OH excluding ortho intramolecular Hbond substituents is 1. The Morgan fingerprint density at radius 1 is 1.17 bits per heavy atom. The van der Waals surface area contributed by atoms with E-state index in [0.717, 1.165) is 11.1 Å². The molecule has 4 N–H and O–H groups in total. The number of nitrogens with two attached hydrogens (primary N) is 1. The van der Waals surface area contributed by atoms with Gasteiger partial charge in [-0.15, -0.1) is 0 Å². The lowest BCUT2D eigenvalue weighted by atomic mass is 10.1. The number of benzene rings is 2. The summed E-state index contributed by atoms with van der Waals surface area (Å²) in [7, 11) is 0. The zero-order valence-electron chi connectivity index (χ0n) is 12.4. The van der Waals surface area contributed by atoms with Crippen LogP contribution in [0.1, 0.15) is 11.1 Å². The molecule has 0 bridgehead atoms. The summed E-state index contributed by atoms with van der Waals surface area (Å²) in [4.78, 5) is 12.0. The van der Waals surface area contributed by atoms with Crippen molar-refractivity contribution in [3.63, 3.8) is 0 Å². The predicted molar refractivity (Wildman–Crippen MR) is 93.0 cm³/mol. The van der Waals surface area contributed by atoms with E-state index < -0.39 is 6.04 Å². The van der Waals surface area contributed by atoms with Crippen LogP contribution in [0.5, 0.6) is 5.75 Å². The second-order valence-corrected chi connectivity index (χ2v) is 6.10. The number of halogens is 2. The van der Waals surface area contributed by atoms with Gasteiger partial charge in [0.1, 0.15) is 5.75 Å². The molecule has 2 aromatic carbocycles. The van der Waals surface area contributed by atoms with Crippen LogP contribution in [0.15, 0.2) is 42.5 Å². The number of rotatable bonds is 6. The summed E-state index contributed by atoms with van der Waals surface area (Å²) < 4.78 is 0. The summed E-state index contributed by atoms with van der Waals surface area (Å²) in [6.45, 7) is 0.478. The van der Waals surface area contributed by atoms with Gasteiger partial charge in [0.05, 0.1) is 6.04 Å². The maximum Gasteiger partial charge on any atom is 0.237 e. The van der Waals surface area contributed by atoms with E-state index in [1.807, 2.05) is 12.1 Å². The zero-order valence-corrected chi connectivity index (χ0v) is 13.9. The van der Waals surface area contributed by atoms with Gasteiger partial charge in [0.15, 0.2) is 0 Å². The average Bonchev–Trinajstić information content (AvgIpc) is 2.51. The van der Waals surface area contributed by atoms with Crippen LogP contribution < -0.4 is 11.1 Å². The molecule has 122 valence electrons. The third kappa shape index (κ3) is 5.43. The van der Waals surface area contributed by atoms with Crippen molar-refractivity contribution in [1.29, 1.82) is 0 Å². The smallest absolute Gasteiger partial charge is 0.237 e. The first-order chi connectivity index (χ1) is 11.0. The van der Waals surface area contributed by atoms with Gasteiger partial charge in [-0.05, 0) is 48.2 Å². The van der Waals surface area contributed by atoms with E-state index in [9.17, 15) is 9.90 Å². The number of nitrogens with one attached hydrogen (secondary N) is 1. The maximum absolute atomic E-state index is 12.0. The quantitative estimate of drug-likeness (QED) is 0.748. The van der Waals surface area contributed by atoms with Gasteiger partial charge < -0.3 is 16.2 Å². The van der Waals surface area contributed by atoms with Crippen LogP contribution in [0.3, 0.4) is 0 Å². The molecule has 2 aromatic rings. The van der Waals surface area contributed by atoms with E-state index in [-0.39, 0.29) is 11.7 Å². The Labute approximate surface area is 145 Å². The summed E-state index contributed by atoms with van der Waals surface area (Å²) in [6, 6.07) is 11.3. The SMILES string of the molecule is N[C@H](Cc1ccc(Cl)cc1Cl)C(=O)NCCc1ccc(O)cc1. The summed E-state index contributed by atoms with van der Waals surface area (Å²) in [5.74, 6) is -0.00514. The lowest BCUT2D eigenvalue weighted by Gasteiger charge is -2.13. The summed E-state index contributed by atoms with van der Waals surface area (Å²) in [5.41, 5.74) is 7.73. The van der Waals surface area contributed by atoms with Crippen LogP contribution in [0.2, 0.25) is 10.0 Å². The van der Waals surface area contributed by atoms with Gasteiger partial charge in [-0.25, -0.2) is 0 Å². The van der Waals surface area contributed by atoms with Crippen molar-refractivity contribution < 1.29 is 9.90 Å². The number of hydrogen-bond acceptors (Lipinski definition) is 3. The number of hydrogen-bond donors (Lipinski definition) is 3. The number of carbonyl (C=O) groups is 1. The van der Waals surface area contributed by atoms with Crippen LogP contribution in [-0.4, -0.2) is 23.6 Å². The molecule has 0 radical (unpaired) electrons. The molecular weight excluding hydrogens is 335 g/mol. The summed E-state index contributed by atoms with van der Waals surface area (Å²) >= 11 is 11.9. The highest BCUT2D eigenvalue weighted by molar-refractivity contribution is 6.35. The molecule has 0 spiro atoms. The zero-order chi connectivity index (χ0) is 16.8. The molecule has 6 heteroatoms. The topological polar surface area (TPSA) is 75.4 Å². The standard InChI is InChI=1S/C17H18Cl2N2O2/c18-13-4-3-12(15(19)10-13)9-16(20)17(23)21-8-7-11-1-5-14(22)6-2-11/h1-6,10,16,22H,7-9,20H2,(H,21,23)/t16-/m1/s1. The molecule has 4 nitrogen and oxygen atoms in total. The van der Waals surface area contributed by atoms with E-state index in [2.05, 4.69) is 5.32 Å². The van der Waals surface area contributed by atoms with E-state index in [4.69, 9.17) is 28.9 Å². The van der Waals surface area contributed by atoms with Gasteiger partial charge >= 0.3 is 0 Å². The van der Waals surface area contributed by atoms with E-state index in [1.165, 1.54) is 0 Å². The molecule has 0 aromatic heterocycles. The van der Waals surface area contributed by atoms with Gasteiger partial charge in [-0.1, -0.05) is 41.4 Å². The number of aromatic hydroxyl groups is 1. The fourth-order valence-electron chi connectivity index (χ4n) is 2.14. The second kappa shape index (κ2) is 8.20. The van der Waals surface area contributed by atoms with Crippen molar-refractivity contribution in [3.05, 3.63) is 63.6 Å². The van der Waals surface area contributed by atoms with Gasteiger partial charge in [0.2, 0.25) is 5.91 Å². The first-order valence-electron chi connectivity index (χ1n) is 7.21. The Morgan fingerprint density at radius 3 is 2.52 bits per heavy atom. The van der Waals surface area contributed by atoms with Crippen LogP contribution in [-0.2, 0) is 17.6 Å². The van der Waals surface area contributed by atoms with Crippen LogP contribution in [0.4, 0.5) is 0 Å². The van der Waals surface area contributed by atoms with Crippen molar-refractivity contribution in [2.24, 2.45) is 5.73 Å². The number of amides is 1. The van der Waals surface area contributed by atoms with Crippen LogP contribution >= 0.6 is 23.2 Å². The van der Waals surface area contributed by atoms with Gasteiger partial charge in [-0.2, -0.15) is 0 Å². The molecule has 0 aliphatic carbocycles. The second-order valence-electron chi connectivity index (χ2n) is 5.25. The fraction of sp³-hybridized carbons (Fsp3) is 0.235. The molecule has 0 saturated heterocycles. The van der Waals surface area contributed by atoms with Crippen LogP contribution in [0, 0.1) is 0 Å². The molecule has 1 atom stereocenters. The molecule has 23 heavy (non-hydrogen) atoms. The van der Waals surface area contributed by atoms with Crippen molar-refractivity contribution in [2.75, 3.05) is 6.54 Å². The molecule has 2 rings (SSSR count). The van der Waals surface area contributed by atoms with Gasteiger partial charge in [0.25, 0.3) is 0 Å². The Bertz CT molecular complexity index is 675. The van der Waals surface area contributed by atoms with E-state index in [1.54, 1.807) is 30.3 Å². The van der Waals surface area contributed by atoms with Crippen molar-refractivity contribution >= 4 is 29.1 Å². The minimum absolute atomic E-state index is 0.222. The average molecular weight is 353 g/mol. The Hall–Kier alpha value is -1.75. The Balaban J connectivity index is 1.81. The molecule has 0 heterocycles. The third-order valence-corrected chi connectivity index (χ3v) is 4.03. The van der Waals surface area contributed by atoms with Gasteiger partial charge in [0, 0.05) is 16.6 Å². The van der Waals surface area contributed by atoms with E-state index in [0.29, 0.717) is 29.4 Å².